The lowest BCUT2D eigenvalue weighted by atomic mass is 10.2. The van der Waals surface area contributed by atoms with Crippen molar-refractivity contribution in [3.63, 3.8) is 0 Å². The van der Waals surface area contributed by atoms with Crippen molar-refractivity contribution in [2.75, 3.05) is 24.4 Å². The van der Waals surface area contributed by atoms with E-state index in [1.165, 1.54) is 26.3 Å². The van der Waals surface area contributed by atoms with Crippen LogP contribution in [0.4, 0.5) is 11.4 Å². The molecule has 8 nitrogen and oxygen atoms in total. The van der Waals surface area contributed by atoms with E-state index in [-0.39, 0.29) is 23.7 Å². The topological polar surface area (TPSA) is 98.7 Å². The zero-order valence-corrected chi connectivity index (χ0v) is 15.1. The van der Waals surface area contributed by atoms with Gasteiger partial charge in [0.25, 0.3) is 5.91 Å². The molecule has 2 N–H and O–H groups in total. The van der Waals surface area contributed by atoms with Crippen LogP contribution in [0.3, 0.4) is 0 Å². The molecule has 1 aromatic carbocycles. The normalized spacial score (nSPS) is 10.2. The van der Waals surface area contributed by atoms with Crippen LogP contribution < -0.4 is 25.5 Å². The molecule has 1 heterocycles. The molecule has 0 saturated heterocycles. The second kappa shape index (κ2) is 8.19. The Bertz CT molecular complexity index is 889. The van der Waals surface area contributed by atoms with Gasteiger partial charge in [-0.05, 0) is 25.1 Å². The number of carbonyl (C=O) groups excluding carboxylic acids is 2. The van der Waals surface area contributed by atoms with Crippen molar-refractivity contribution in [3.05, 3.63) is 46.4 Å². The van der Waals surface area contributed by atoms with Crippen LogP contribution in [0, 0.1) is 6.92 Å². The lowest BCUT2D eigenvalue weighted by Crippen LogP contribution is -2.23. The van der Waals surface area contributed by atoms with Gasteiger partial charge in [0, 0.05) is 37.6 Å². The summed E-state index contributed by atoms with van der Waals surface area (Å²) in [5, 5.41) is 5.27. The van der Waals surface area contributed by atoms with E-state index in [1.807, 2.05) is 0 Å². The number of ether oxygens (including phenoxy) is 2. The second-order valence-electron chi connectivity index (χ2n) is 5.69. The Labute approximate surface area is 150 Å². The van der Waals surface area contributed by atoms with Crippen LogP contribution in [0.1, 0.15) is 12.6 Å². The quantitative estimate of drug-likeness (QED) is 0.818. The van der Waals surface area contributed by atoms with E-state index in [9.17, 15) is 14.4 Å². The molecule has 2 aromatic rings. The number of amides is 2. The highest BCUT2D eigenvalue weighted by Gasteiger charge is 2.11. The van der Waals surface area contributed by atoms with Crippen LogP contribution in [0.5, 0.6) is 11.5 Å². The summed E-state index contributed by atoms with van der Waals surface area (Å²) in [4.78, 5) is 35.2. The van der Waals surface area contributed by atoms with Crippen molar-refractivity contribution in [1.29, 1.82) is 0 Å². The van der Waals surface area contributed by atoms with Crippen molar-refractivity contribution >= 4 is 23.2 Å². The number of hydrogen-bond acceptors (Lipinski definition) is 5. The van der Waals surface area contributed by atoms with Gasteiger partial charge < -0.3 is 24.7 Å². The average molecular weight is 359 g/mol. The van der Waals surface area contributed by atoms with E-state index in [4.69, 9.17) is 9.47 Å². The molecular formula is C18H21N3O5. The van der Waals surface area contributed by atoms with Gasteiger partial charge in [0.2, 0.25) is 11.3 Å². The highest BCUT2D eigenvalue weighted by Crippen LogP contribution is 2.27. The van der Waals surface area contributed by atoms with Gasteiger partial charge in [-0.3, -0.25) is 14.4 Å². The third-order valence-corrected chi connectivity index (χ3v) is 3.60. The second-order valence-corrected chi connectivity index (χ2v) is 5.69. The zero-order valence-electron chi connectivity index (χ0n) is 15.1. The molecule has 138 valence electrons. The molecule has 0 aliphatic rings. The highest BCUT2D eigenvalue weighted by atomic mass is 16.5. The standard InChI is InChI=1S/C18H21N3O5/c1-11-7-15(23)17(9-21(11)3)26-10-18(24)20-14-8-13(19-12(2)22)5-6-16(14)25-4/h5-9H,10H2,1-4H3,(H,19,22)(H,20,24). The average Bonchev–Trinajstić information content (AvgIpc) is 2.56. The van der Waals surface area contributed by atoms with E-state index >= 15 is 0 Å². The summed E-state index contributed by atoms with van der Waals surface area (Å²) in [6.07, 6.45) is 1.53. The fraction of sp³-hybridized carbons (Fsp3) is 0.278. The summed E-state index contributed by atoms with van der Waals surface area (Å²) in [5.74, 6) is -0.178. The first kappa shape index (κ1) is 19.0. The lowest BCUT2D eigenvalue weighted by Gasteiger charge is -2.13. The van der Waals surface area contributed by atoms with E-state index in [2.05, 4.69) is 10.6 Å². The molecule has 0 fully saturated rings. The number of anilines is 2. The maximum atomic E-state index is 12.2. The van der Waals surface area contributed by atoms with Crippen LogP contribution in [-0.2, 0) is 16.6 Å². The molecule has 2 rings (SSSR count). The number of nitrogens with one attached hydrogen (secondary N) is 2. The molecule has 1 aromatic heterocycles. The minimum atomic E-state index is -0.467. The smallest absolute Gasteiger partial charge is 0.262 e. The molecule has 8 heteroatoms. The molecule has 2 amide bonds. The number of pyridine rings is 1. The Kier molecular flexibility index (Phi) is 6.00. The monoisotopic (exact) mass is 359 g/mol. The summed E-state index contributed by atoms with van der Waals surface area (Å²) >= 11 is 0. The first-order chi connectivity index (χ1) is 12.3. The molecule has 0 aliphatic carbocycles. The van der Waals surface area contributed by atoms with Gasteiger partial charge in [0.05, 0.1) is 12.8 Å². The van der Waals surface area contributed by atoms with Crippen LogP contribution in [0.25, 0.3) is 0 Å². The molecular weight excluding hydrogens is 338 g/mol. The summed E-state index contributed by atoms with van der Waals surface area (Å²) in [5.41, 5.74) is 1.39. The Balaban J connectivity index is 2.08. The molecule has 26 heavy (non-hydrogen) atoms. The van der Waals surface area contributed by atoms with Crippen molar-refractivity contribution in [2.24, 2.45) is 7.05 Å². The van der Waals surface area contributed by atoms with Crippen LogP contribution >= 0.6 is 0 Å². The van der Waals surface area contributed by atoms with Crippen molar-refractivity contribution in [2.45, 2.75) is 13.8 Å². The minimum Gasteiger partial charge on any atom is -0.495 e. The van der Waals surface area contributed by atoms with E-state index in [1.54, 1.807) is 36.7 Å². The summed E-state index contributed by atoms with van der Waals surface area (Å²) in [7, 11) is 3.25. The molecule has 0 radical (unpaired) electrons. The van der Waals surface area contributed by atoms with E-state index in [0.29, 0.717) is 17.1 Å². The molecule has 0 aliphatic heterocycles. The number of benzene rings is 1. The zero-order chi connectivity index (χ0) is 19.3. The maximum Gasteiger partial charge on any atom is 0.262 e. The number of hydrogen-bond donors (Lipinski definition) is 2. The van der Waals surface area contributed by atoms with Crippen LogP contribution in [0.15, 0.2) is 35.3 Å². The van der Waals surface area contributed by atoms with Gasteiger partial charge in [0.1, 0.15) is 5.75 Å². The first-order valence-corrected chi connectivity index (χ1v) is 7.85. The highest BCUT2D eigenvalue weighted by molar-refractivity contribution is 5.95. The van der Waals surface area contributed by atoms with Crippen molar-refractivity contribution in [3.8, 4) is 11.5 Å². The summed E-state index contributed by atoms with van der Waals surface area (Å²) in [6.45, 7) is 2.84. The van der Waals surface area contributed by atoms with Gasteiger partial charge in [-0.2, -0.15) is 0 Å². The molecule has 0 spiro atoms. The van der Waals surface area contributed by atoms with E-state index in [0.717, 1.165) is 5.69 Å². The van der Waals surface area contributed by atoms with Crippen molar-refractivity contribution < 1.29 is 19.1 Å². The number of aromatic nitrogens is 1. The Morgan fingerprint density at radius 3 is 2.54 bits per heavy atom. The minimum absolute atomic E-state index is 0.0900. The van der Waals surface area contributed by atoms with Gasteiger partial charge in [0.15, 0.2) is 12.4 Å². The van der Waals surface area contributed by atoms with Crippen molar-refractivity contribution in [1.82, 2.24) is 4.57 Å². The Morgan fingerprint density at radius 2 is 1.88 bits per heavy atom. The first-order valence-electron chi connectivity index (χ1n) is 7.85. The molecule has 0 bridgehead atoms. The van der Waals surface area contributed by atoms with Gasteiger partial charge >= 0.3 is 0 Å². The number of nitrogens with zero attached hydrogens (tertiary/aromatic N) is 1. The van der Waals surface area contributed by atoms with Crippen LogP contribution in [-0.4, -0.2) is 30.1 Å². The predicted molar refractivity (Wildman–Crippen MR) is 97.8 cm³/mol. The van der Waals surface area contributed by atoms with E-state index < -0.39 is 5.91 Å². The van der Waals surface area contributed by atoms with Gasteiger partial charge in [-0.25, -0.2) is 0 Å². The molecule has 0 unspecified atom stereocenters. The SMILES string of the molecule is COc1ccc(NC(C)=O)cc1NC(=O)COc1cn(C)c(C)cc1=O. The fourth-order valence-corrected chi connectivity index (χ4v) is 2.23. The maximum absolute atomic E-state index is 12.2. The summed E-state index contributed by atoms with van der Waals surface area (Å²) in [6, 6.07) is 6.29. The lowest BCUT2D eigenvalue weighted by molar-refractivity contribution is -0.118. The fourth-order valence-electron chi connectivity index (χ4n) is 2.23. The third-order valence-electron chi connectivity index (χ3n) is 3.60. The summed E-state index contributed by atoms with van der Waals surface area (Å²) < 4.78 is 12.2. The predicted octanol–water partition coefficient (Wildman–Crippen LogP) is 1.68. The van der Waals surface area contributed by atoms with Crippen LogP contribution in [0.2, 0.25) is 0 Å². The number of rotatable bonds is 6. The Morgan fingerprint density at radius 1 is 1.15 bits per heavy atom. The van der Waals surface area contributed by atoms with Gasteiger partial charge in [-0.1, -0.05) is 0 Å². The number of carbonyl (C=O) groups is 2. The largest absolute Gasteiger partial charge is 0.495 e. The number of methoxy groups -OCH3 is 1. The Hall–Kier alpha value is -3.29. The van der Waals surface area contributed by atoms with Gasteiger partial charge in [-0.15, -0.1) is 0 Å². The number of aryl methyl sites for hydroxylation is 2. The third kappa shape index (κ3) is 4.85. The molecule has 0 atom stereocenters. The molecule has 0 saturated carbocycles.